The minimum absolute atomic E-state index is 0.151. The van der Waals surface area contributed by atoms with Gasteiger partial charge in [-0.2, -0.15) is 0 Å². The van der Waals surface area contributed by atoms with Crippen molar-refractivity contribution in [2.24, 2.45) is 5.73 Å². The summed E-state index contributed by atoms with van der Waals surface area (Å²) in [5, 5.41) is 0. The summed E-state index contributed by atoms with van der Waals surface area (Å²) in [7, 11) is 1.37. The van der Waals surface area contributed by atoms with Crippen LogP contribution in [0, 0.1) is 0 Å². The summed E-state index contributed by atoms with van der Waals surface area (Å²) in [6.07, 6.45) is -5.63. The number of nitrogens with two attached hydrogens (primary N) is 1. The number of benzene rings is 2. The van der Waals surface area contributed by atoms with E-state index in [-0.39, 0.29) is 5.56 Å². The van der Waals surface area contributed by atoms with Gasteiger partial charge in [0, 0.05) is 25.6 Å². The summed E-state index contributed by atoms with van der Waals surface area (Å²) in [6, 6.07) is 11.2. The van der Waals surface area contributed by atoms with Gasteiger partial charge in [0.2, 0.25) is 0 Å². The highest BCUT2D eigenvalue weighted by atomic mass is 19.3. The Morgan fingerprint density at radius 1 is 1.06 bits per heavy atom. The first-order chi connectivity index (χ1) is 15.8. The molecule has 0 fully saturated rings. The number of rotatable bonds is 7. The standard InChI is InChI=1S/C23H22F5N3O3/c1-22(26,20(29)33)21(34)31(12-11-23(27,28)19(24)25)17-15-9-4-3-7-13(15)14-8-5-6-10-16(14)30(2)18(17)32/h3-10,17,19H,11-12H2,1-2H3,(H2,29,33). The smallest absolute Gasteiger partial charge is 0.309 e. The third-order valence-corrected chi connectivity index (χ3v) is 5.82. The van der Waals surface area contributed by atoms with Crippen molar-refractivity contribution in [3.05, 3.63) is 54.1 Å². The zero-order valence-electron chi connectivity index (χ0n) is 18.3. The molecule has 3 rings (SSSR count). The first-order valence-electron chi connectivity index (χ1n) is 10.2. The lowest BCUT2D eigenvalue weighted by Gasteiger charge is -2.36. The van der Waals surface area contributed by atoms with E-state index in [1.807, 2.05) is 0 Å². The van der Waals surface area contributed by atoms with Crippen LogP contribution in [0.3, 0.4) is 0 Å². The molecule has 2 N–H and O–H groups in total. The minimum atomic E-state index is -4.53. The van der Waals surface area contributed by atoms with Crippen molar-refractivity contribution in [3.63, 3.8) is 0 Å². The van der Waals surface area contributed by atoms with Gasteiger partial charge in [-0.05, 0) is 24.1 Å². The van der Waals surface area contributed by atoms with Gasteiger partial charge in [-0.1, -0.05) is 42.5 Å². The van der Waals surface area contributed by atoms with E-state index in [0.717, 1.165) is 4.90 Å². The summed E-state index contributed by atoms with van der Waals surface area (Å²) in [5.41, 5.74) is 3.20. The van der Waals surface area contributed by atoms with Crippen LogP contribution in [0.15, 0.2) is 48.5 Å². The van der Waals surface area contributed by atoms with Crippen LogP contribution in [-0.4, -0.2) is 54.2 Å². The highest BCUT2D eigenvalue weighted by molar-refractivity contribution is 6.11. The zero-order chi connectivity index (χ0) is 25.4. The lowest BCUT2D eigenvalue weighted by molar-refractivity contribution is -0.159. The number of hydrogen-bond donors (Lipinski definition) is 1. The molecule has 0 radical (unpaired) electrons. The molecule has 1 heterocycles. The first-order valence-corrected chi connectivity index (χ1v) is 10.2. The highest BCUT2D eigenvalue weighted by Crippen LogP contribution is 2.42. The molecule has 3 amide bonds. The van der Waals surface area contributed by atoms with Crippen molar-refractivity contribution in [3.8, 4) is 11.1 Å². The Balaban J connectivity index is 2.20. The fourth-order valence-corrected chi connectivity index (χ4v) is 3.81. The van der Waals surface area contributed by atoms with Gasteiger partial charge in [-0.15, -0.1) is 0 Å². The normalized spacial score (nSPS) is 17.5. The Kier molecular flexibility index (Phi) is 6.68. The number of carbonyl (C=O) groups is 3. The maximum atomic E-state index is 15.0. The number of primary amides is 1. The molecule has 2 unspecified atom stereocenters. The summed E-state index contributed by atoms with van der Waals surface area (Å²) >= 11 is 0. The number of anilines is 1. The van der Waals surface area contributed by atoms with Gasteiger partial charge < -0.3 is 15.5 Å². The molecule has 0 spiro atoms. The van der Waals surface area contributed by atoms with Crippen LogP contribution < -0.4 is 10.6 Å². The Hall–Kier alpha value is -3.50. The van der Waals surface area contributed by atoms with Crippen molar-refractivity contribution < 1.29 is 36.3 Å². The number of carbonyl (C=O) groups excluding carboxylic acids is 3. The van der Waals surface area contributed by atoms with Gasteiger partial charge in [0.1, 0.15) is 6.04 Å². The van der Waals surface area contributed by atoms with Crippen molar-refractivity contribution in [1.29, 1.82) is 0 Å². The Bertz CT molecular complexity index is 1120. The van der Waals surface area contributed by atoms with Gasteiger partial charge in [-0.3, -0.25) is 14.4 Å². The molecule has 0 saturated heterocycles. The molecule has 2 atom stereocenters. The Morgan fingerprint density at radius 3 is 2.21 bits per heavy atom. The number of likely N-dealkylation sites (N-methyl/N-ethyl adjacent to an activating group) is 1. The SMILES string of the molecule is CN1C(=O)C(N(CCC(F)(F)C(F)F)C(=O)C(C)(F)C(N)=O)c2ccccc2-c2ccccc21. The average Bonchev–Trinajstić information content (AvgIpc) is 2.88. The number of alkyl halides is 5. The van der Waals surface area contributed by atoms with Crippen LogP contribution in [0.1, 0.15) is 24.9 Å². The van der Waals surface area contributed by atoms with Gasteiger partial charge in [0.15, 0.2) is 0 Å². The molecule has 11 heteroatoms. The van der Waals surface area contributed by atoms with Crippen LogP contribution in [0.25, 0.3) is 11.1 Å². The number of fused-ring (bicyclic) bond motifs is 3. The van der Waals surface area contributed by atoms with E-state index in [1.165, 1.54) is 19.2 Å². The number of hydrogen-bond acceptors (Lipinski definition) is 3. The summed E-state index contributed by atoms with van der Waals surface area (Å²) < 4.78 is 68.2. The van der Waals surface area contributed by atoms with Crippen LogP contribution in [0.2, 0.25) is 0 Å². The Labute approximate surface area is 192 Å². The molecule has 0 bridgehead atoms. The molecule has 0 aromatic heterocycles. The zero-order valence-corrected chi connectivity index (χ0v) is 18.3. The minimum Gasteiger partial charge on any atom is -0.366 e. The van der Waals surface area contributed by atoms with Crippen LogP contribution in [0.5, 0.6) is 0 Å². The van der Waals surface area contributed by atoms with Crippen LogP contribution in [-0.2, 0) is 14.4 Å². The summed E-state index contributed by atoms with van der Waals surface area (Å²) in [6.45, 7) is -0.612. The highest BCUT2D eigenvalue weighted by Gasteiger charge is 2.49. The fraction of sp³-hybridized carbons (Fsp3) is 0.348. The third-order valence-electron chi connectivity index (χ3n) is 5.82. The van der Waals surface area contributed by atoms with Gasteiger partial charge in [-0.25, -0.2) is 22.0 Å². The first kappa shape index (κ1) is 25.1. The largest absolute Gasteiger partial charge is 0.366 e. The second kappa shape index (κ2) is 9.03. The lowest BCUT2D eigenvalue weighted by Crippen LogP contribution is -2.56. The van der Waals surface area contributed by atoms with E-state index >= 15 is 4.39 Å². The quantitative estimate of drug-likeness (QED) is 0.482. The number of nitrogens with zero attached hydrogens (tertiary/aromatic N) is 2. The molecule has 2 aromatic carbocycles. The number of halogens is 5. The molecule has 0 aliphatic carbocycles. The predicted molar refractivity (Wildman–Crippen MR) is 114 cm³/mol. The van der Waals surface area contributed by atoms with E-state index in [1.54, 1.807) is 36.4 Å². The van der Waals surface area contributed by atoms with Gasteiger partial charge in [0.25, 0.3) is 23.4 Å². The van der Waals surface area contributed by atoms with Gasteiger partial charge in [0.05, 0.1) is 5.69 Å². The van der Waals surface area contributed by atoms with Crippen molar-refractivity contribution in [1.82, 2.24) is 4.90 Å². The van der Waals surface area contributed by atoms with Crippen molar-refractivity contribution >= 4 is 23.4 Å². The summed E-state index contributed by atoms with van der Waals surface area (Å²) in [5.74, 6) is -8.74. The Morgan fingerprint density at radius 2 is 1.62 bits per heavy atom. The monoisotopic (exact) mass is 483 g/mol. The molecule has 1 aliphatic heterocycles. The average molecular weight is 483 g/mol. The van der Waals surface area contributed by atoms with Crippen molar-refractivity contribution in [2.45, 2.75) is 37.4 Å². The molecule has 182 valence electrons. The lowest BCUT2D eigenvalue weighted by atomic mass is 9.93. The maximum absolute atomic E-state index is 15.0. The number of amides is 3. The summed E-state index contributed by atoms with van der Waals surface area (Å²) in [4.78, 5) is 39.8. The third kappa shape index (κ3) is 4.34. The van der Waals surface area contributed by atoms with E-state index < -0.39 is 54.7 Å². The fourth-order valence-electron chi connectivity index (χ4n) is 3.81. The van der Waals surface area contributed by atoms with E-state index in [4.69, 9.17) is 5.73 Å². The predicted octanol–water partition coefficient (Wildman–Crippen LogP) is 3.70. The molecule has 2 aromatic rings. The number of para-hydroxylation sites is 1. The van der Waals surface area contributed by atoms with Gasteiger partial charge >= 0.3 is 12.3 Å². The second-order valence-corrected chi connectivity index (χ2v) is 8.08. The molecule has 6 nitrogen and oxygen atoms in total. The maximum Gasteiger partial charge on any atom is 0.309 e. The molecular formula is C23H22F5N3O3. The molecular weight excluding hydrogens is 461 g/mol. The molecule has 1 aliphatic rings. The van der Waals surface area contributed by atoms with Crippen molar-refractivity contribution in [2.75, 3.05) is 18.5 Å². The van der Waals surface area contributed by atoms with E-state index in [2.05, 4.69) is 0 Å². The van der Waals surface area contributed by atoms with Crippen LogP contribution in [0.4, 0.5) is 27.6 Å². The molecule has 0 saturated carbocycles. The molecule has 34 heavy (non-hydrogen) atoms. The van der Waals surface area contributed by atoms with E-state index in [0.29, 0.717) is 28.6 Å². The van der Waals surface area contributed by atoms with E-state index in [9.17, 15) is 31.9 Å². The van der Waals surface area contributed by atoms with Crippen LogP contribution >= 0.6 is 0 Å². The second-order valence-electron chi connectivity index (χ2n) is 8.08. The topological polar surface area (TPSA) is 83.7 Å².